The van der Waals surface area contributed by atoms with Gasteiger partial charge in [-0.15, -0.1) is 0 Å². The van der Waals surface area contributed by atoms with Crippen LogP contribution < -0.4 is 0 Å². The van der Waals surface area contributed by atoms with Gasteiger partial charge in [-0.25, -0.2) is 4.79 Å². The van der Waals surface area contributed by atoms with Crippen LogP contribution in [0.2, 0.25) is 0 Å². The van der Waals surface area contributed by atoms with Gasteiger partial charge in [0.1, 0.15) is 0 Å². The number of fused-ring (bicyclic) bond motifs is 1. The van der Waals surface area contributed by atoms with Gasteiger partial charge in [-0.2, -0.15) is 0 Å². The molecule has 0 bridgehead atoms. The topological polar surface area (TPSA) is 113 Å². The predicted octanol–water partition coefficient (Wildman–Crippen LogP) is 6.19. The van der Waals surface area contributed by atoms with E-state index in [4.69, 9.17) is 9.47 Å². The number of aliphatic hydroxyl groups is 1. The lowest BCUT2D eigenvalue weighted by Gasteiger charge is -2.28. The molecule has 0 radical (unpaired) electrons. The summed E-state index contributed by atoms with van der Waals surface area (Å²) in [7, 11) is 0. The number of hydrogen-bond acceptors (Lipinski definition) is 6. The normalized spacial score (nSPS) is 12.5. The zero-order chi connectivity index (χ0) is 32.6. The van der Waals surface area contributed by atoms with Gasteiger partial charge in [-0.1, -0.05) is 73.5 Å². The monoisotopic (exact) mass is 619 g/mol. The molecule has 0 aliphatic heterocycles. The van der Waals surface area contributed by atoms with Gasteiger partial charge in [-0.05, 0) is 92.3 Å². The van der Waals surface area contributed by atoms with Gasteiger partial charge in [0.05, 0.1) is 13.0 Å². The Labute approximate surface area is 267 Å². The van der Waals surface area contributed by atoms with Crippen molar-refractivity contribution in [2.75, 3.05) is 26.3 Å². The van der Waals surface area contributed by atoms with Crippen molar-refractivity contribution in [2.45, 2.75) is 90.8 Å². The largest absolute Gasteiger partial charge is 0.479 e. The first-order chi connectivity index (χ1) is 21.7. The number of amides is 1. The van der Waals surface area contributed by atoms with E-state index in [1.165, 1.54) is 37.9 Å². The Morgan fingerprint density at radius 2 is 1.44 bits per heavy atom. The first-order valence-corrected chi connectivity index (χ1v) is 16.2. The number of carbonyl (C=O) groups excluding carboxylic acids is 2. The third-order valence-electron chi connectivity index (χ3n) is 8.17. The Bertz CT molecular complexity index is 1390. The summed E-state index contributed by atoms with van der Waals surface area (Å²) in [6.45, 7) is 6.65. The number of unbranched alkanes of at least 4 members (excludes halogenated alkanes) is 4. The molecule has 0 unspecified atom stereocenters. The molecule has 0 saturated heterocycles. The number of carboxylic acid groups (broad SMARTS) is 1. The predicted molar refractivity (Wildman–Crippen MR) is 176 cm³/mol. The van der Waals surface area contributed by atoms with Crippen molar-refractivity contribution in [3.8, 4) is 0 Å². The van der Waals surface area contributed by atoms with Crippen molar-refractivity contribution >= 4 is 28.6 Å². The molecule has 8 heteroatoms. The third kappa shape index (κ3) is 11.9. The maximum Gasteiger partial charge on any atom is 0.335 e. The van der Waals surface area contributed by atoms with Gasteiger partial charge in [0.25, 0.3) is 5.91 Å². The average Bonchev–Trinajstić information content (AvgIpc) is 3.03. The van der Waals surface area contributed by atoms with Crippen LogP contribution in [0.3, 0.4) is 0 Å². The minimum Gasteiger partial charge on any atom is -0.479 e. The highest BCUT2D eigenvalue weighted by atomic mass is 16.5. The van der Waals surface area contributed by atoms with Gasteiger partial charge in [-0.3, -0.25) is 9.59 Å². The van der Waals surface area contributed by atoms with Crippen LogP contribution in [0.15, 0.2) is 60.7 Å². The molecular formula is C37H49NO7. The Kier molecular flexibility index (Phi) is 15.0. The number of nitrogens with zero attached hydrogens (tertiary/aromatic N) is 1. The van der Waals surface area contributed by atoms with Gasteiger partial charge < -0.3 is 24.6 Å². The highest BCUT2D eigenvalue weighted by Gasteiger charge is 2.36. The van der Waals surface area contributed by atoms with Crippen molar-refractivity contribution in [3.05, 3.63) is 82.9 Å². The molecule has 8 nitrogen and oxygen atoms in total. The van der Waals surface area contributed by atoms with Crippen LogP contribution in [-0.4, -0.2) is 71.5 Å². The lowest BCUT2D eigenvalue weighted by molar-refractivity contribution is -0.167. The number of aliphatic carboxylic acids is 1. The van der Waals surface area contributed by atoms with Gasteiger partial charge in [0.15, 0.2) is 12.2 Å². The molecule has 3 aromatic rings. The number of rotatable bonds is 20. The van der Waals surface area contributed by atoms with Gasteiger partial charge in [0, 0.05) is 19.7 Å². The zero-order valence-corrected chi connectivity index (χ0v) is 27.0. The number of carboxylic acids is 1. The maximum atomic E-state index is 13.6. The molecule has 1 amide bonds. The van der Waals surface area contributed by atoms with Crippen LogP contribution in [-0.2, 0) is 36.7 Å². The van der Waals surface area contributed by atoms with Crippen LogP contribution >= 0.6 is 0 Å². The van der Waals surface area contributed by atoms with Crippen molar-refractivity contribution < 1.29 is 34.1 Å². The van der Waals surface area contributed by atoms with E-state index in [-0.39, 0.29) is 26.2 Å². The first kappa shape index (κ1) is 35.7. The molecular weight excluding hydrogens is 570 g/mol. The highest BCUT2D eigenvalue weighted by molar-refractivity contribution is 5.88. The van der Waals surface area contributed by atoms with E-state index in [0.717, 1.165) is 38.5 Å². The van der Waals surface area contributed by atoms with Crippen LogP contribution in [0, 0.1) is 13.8 Å². The average molecular weight is 620 g/mol. The van der Waals surface area contributed by atoms with Gasteiger partial charge >= 0.3 is 11.9 Å². The molecule has 2 N–H and O–H groups in total. The van der Waals surface area contributed by atoms with E-state index >= 15 is 0 Å². The lowest BCUT2D eigenvalue weighted by atomic mass is 10.0. The fourth-order valence-corrected chi connectivity index (χ4v) is 5.38. The fourth-order valence-electron chi connectivity index (χ4n) is 5.38. The van der Waals surface area contributed by atoms with E-state index in [2.05, 4.69) is 62.4 Å². The number of hydrogen-bond donors (Lipinski definition) is 2. The molecule has 2 atom stereocenters. The Morgan fingerprint density at radius 1 is 0.778 bits per heavy atom. The number of carbonyl (C=O) groups is 3. The first-order valence-electron chi connectivity index (χ1n) is 16.2. The summed E-state index contributed by atoms with van der Waals surface area (Å²) >= 11 is 0. The van der Waals surface area contributed by atoms with E-state index in [0.29, 0.717) is 19.4 Å². The summed E-state index contributed by atoms with van der Waals surface area (Å²) in [4.78, 5) is 38.8. The number of aliphatic hydroxyl groups excluding tert-OH is 1. The number of aryl methyl sites for hydroxylation is 4. The van der Waals surface area contributed by atoms with Crippen LogP contribution in [0.25, 0.3) is 10.8 Å². The minimum atomic E-state index is -2.01. The Morgan fingerprint density at radius 3 is 2.13 bits per heavy atom. The van der Waals surface area contributed by atoms with E-state index < -0.39 is 30.1 Å². The molecule has 3 aromatic carbocycles. The summed E-state index contributed by atoms with van der Waals surface area (Å²) in [5.41, 5.74) is 5.04. The Hall–Kier alpha value is -3.75. The van der Waals surface area contributed by atoms with Gasteiger partial charge in [0.2, 0.25) is 0 Å². The second-order valence-electron chi connectivity index (χ2n) is 11.7. The van der Waals surface area contributed by atoms with Crippen LogP contribution in [0.5, 0.6) is 0 Å². The van der Waals surface area contributed by atoms with E-state index in [9.17, 15) is 24.6 Å². The number of esters is 1. The third-order valence-corrected chi connectivity index (χ3v) is 8.17. The summed E-state index contributed by atoms with van der Waals surface area (Å²) in [5, 5.41) is 22.3. The molecule has 0 aliphatic rings. The standard InChI is InChI=1S/C37H49NO7/c1-4-44-33(39)21-23-38(22-11-5-7-14-30-19-20-31-15-9-10-16-32(31)26-30)36(41)35(34(40)37(42)43)45-24-12-6-8-13-29-18-17-27(2)28(3)25-29/h9-10,15-20,25-26,34-35,40H,4-8,11-14,21-24H2,1-3H3,(H,42,43)/t34-,35-/m1/s1. The minimum absolute atomic E-state index is 0.0228. The number of ether oxygens (including phenoxy) is 2. The number of benzene rings is 3. The van der Waals surface area contributed by atoms with Crippen molar-refractivity contribution in [3.63, 3.8) is 0 Å². The van der Waals surface area contributed by atoms with Crippen molar-refractivity contribution in [2.24, 2.45) is 0 Å². The molecule has 0 aliphatic carbocycles. The van der Waals surface area contributed by atoms with Crippen LogP contribution in [0.4, 0.5) is 0 Å². The molecule has 0 spiro atoms. The SMILES string of the molecule is CCOC(=O)CCN(CCCCCc1ccc2ccccc2c1)C(=O)[C@H](OCCCCCc1ccc(C)c(C)c1)[C@@H](O)C(=O)O. The second-order valence-corrected chi connectivity index (χ2v) is 11.7. The smallest absolute Gasteiger partial charge is 0.335 e. The van der Waals surface area contributed by atoms with Crippen molar-refractivity contribution in [1.29, 1.82) is 0 Å². The molecule has 45 heavy (non-hydrogen) atoms. The zero-order valence-electron chi connectivity index (χ0n) is 27.0. The quantitative estimate of drug-likeness (QED) is 0.114. The van der Waals surface area contributed by atoms with E-state index in [1.807, 2.05) is 12.1 Å². The Balaban J connectivity index is 1.53. The molecule has 0 fully saturated rings. The molecule has 0 aromatic heterocycles. The molecule has 0 saturated carbocycles. The van der Waals surface area contributed by atoms with E-state index in [1.54, 1.807) is 6.92 Å². The second kappa shape index (κ2) is 18.9. The van der Waals surface area contributed by atoms with Crippen LogP contribution in [0.1, 0.15) is 74.1 Å². The summed E-state index contributed by atoms with van der Waals surface area (Å²) in [6, 6.07) is 21.1. The summed E-state index contributed by atoms with van der Waals surface area (Å²) in [6.07, 6.45) is 3.03. The van der Waals surface area contributed by atoms with Crippen molar-refractivity contribution in [1.82, 2.24) is 4.90 Å². The molecule has 0 heterocycles. The maximum absolute atomic E-state index is 13.6. The lowest BCUT2D eigenvalue weighted by Crippen LogP contribution is -2.50. The molecule has 3 rings (SSSR count). The summed E-state index contributed by atoms with van der Waals surface area (Å²) in [5.74, 6) is -2.59. The highest BCUT2D eigenvalue weighted by Crippen LogP contribution is 2.18. The molecule has 244 valence electrons. The summed E-state index contributed by atoms with van der Waals surface area (Å²) < 4.78 is 10.8. The fraction of sp³-hybridized carbons (Fsp3) is 0.486.